The molecule has 5 unspecified atom stereocenters. The molecule has 0 aliphatic heterocycles. The second-order valence-corrected chi connectivity index (χ2v) is 23.1. The predicted octanol–water partition coefficient (Wildman–Crippen LogP) is 15.0. The molecular weight excluding hydrogens is 1000 g/mol. The number of phosphoric ester groups is 2. The highest BCUT2D eigenvalue weighted by atomic mass is 31.2. The average Bonchev–Trinajstić information content (AvgIpc) is 3.38. The summed E-state index contributed by atoms with van der Waals surface area (Å²) in [7, 11) is -9.73. The molecule has 0 saturated carbocycles. The van der Waals surface area contributed by atoms with Crippen LogP contribution in [-0.2, 0) is 55.8 Å². The zero-order chi connectivity index (χ0) is 55.4. The molecule has 18 heteroatoms. The van der Waals surface area contributed by atoms with Gasteiger partial charge in [0.25, 0.3) is 0 Å². The summed E-state index contributed by atoms with van der Waals surface area (Å²) in [5, 5.41) is 20.4. The van der Waals surface area contributed by atoms with Crippen LogP contribution in [0.5, 0.6) is 0 Å². The van der Waals surface area contributed by atoms with Crippen LogP contribution in [0, 0.1) is 0 Å². The normalized spacial score (nSPS) is 14.7. The Morgan fingerprint density at radius 2 is 0.693 bits per heavy atom. The van der Waals surface area contributed by atoms with E-state index in [1.165, 1.54) is 109 Å². The van der Waals surface area contributed by atoms with Crippen molar-refractivity contribution < 1.29 is 75.8 Å². The molecule has 0 aliphatic rings. The molecule has 0 heterocycles. The molecule has 0 aromatic carbocycles. The fourth-order valence-corrected chi connectivity index (χ4v) is 9.66. The largest absolute Gasteiger partial charge is 0.472 e. The first-order valence-electron chi connectivity index (χ1n) is 29.6. The lowest BCUT2D eigenvalue weighted by Crippen LogP contribution is -2.30. The van der Waals surface area contributed by atoms with E-state index in [1.54, 1.807) is 0 Å². The van der Waals surface area contributed by atoms with Crippen molar-refractivity contribution in [2.24, 2.45) is 0 Å². The predicted molar refractivity (Wildman–Crippen MR) is 298 cm³/mol. The fraction of sp³-hybridized carbons (Fsp3) is 0.877. The summed E-state index contributed by atoms with van der Waals surface area (Å²) < 4.78 is 60.5. The van der Waals surface area contributed by atoms with E-state index in [0.29, 0.717) is 19.3 Å². The van der Waals surface area contributed by atoms with Gasteiger partial charge in [0.05, 0.1) is 26.4 Å². The molecule has 0 aromatic rings. The smallest absolute Gasteiger partial charge is 0.463 e. The lowest BCUT2D eigenvalue weighted by Gasteiger charge is -2.21. The van der Waals surface area contributed by atoms with Gasteiger partial charge in [0.2, 0.25) is 0 Å². The number of unbranched alkanes of at least 4 members (excludes halogenated alkanes) is 30. The number of allylic oxidation sites excluding steroid dienone is 4. The number of aliphatic hydroxyl groups is 2. The van der Waals surface area contributed by atoms with E-state index in [2.05, 4.69) is 45.1 Å². The van der Waals surface area contributed by atoms with Crippen molar-refractivity contribution in [2.75, 3.05) is 39.6 Å². The van der Waals surface area contributed by atoms with Gasteiger partial charge < -0.3 is 34.2 Å². The third-order valence-electron chi connectivity index (χ3n) is 12.7. The van der Waals surface area contributed by atoms with Crippen LogP contribution in [0.2, 0.25) is 0 Å². The maximum atomic E-state index is 12.8. The SMILES string of the molecule is CCC/C=C\C/C=C\CCCCCCCC(=O)OCC(COP(=O)(O)OCC(O)COP(=O)(O)OCC(O)COC(=O)CCCCCCCCCCCCCCCCC)OC(=O)CCCCCCCCCCCCC. The minimum atomic E-state index is -4.90. The minimum absolute atomic E-state index is 0.108. The number of hydrogen-bond donors (Lipinski definition) is 4. The highest BCUT2D eigenvalue weighted by Crippen LogP contribution is 2.45. The first kappa shape index (κ1) is 73.0. The molecule has 0 amide bonds. The number of phosphoric acid groups is 2. The minimum Gasteiger partial charge on any atom is -0.463 e. The topological polar surface area (TPSA) is 231 Å². The van der Waals surface area contributed by atoms with Crippen molar-refractivity contribution in [3.63, 3.8) is 0 Å². The van der Waals surface area contributed by atoms with Gasteiger partial charge in [-0.25, -0.2) is 9.13 Å². The summed E-state index contributed by atoms with van der Waals surface area (Å²) in [5.74, 6) is -1.58. The molecular formula is C57H108O16P2. The molecule has 0 radical (unpaired) electrons. The van der Waals surface area contributed by atoms with Crippen molar-refractivity contribution >= 4 is 33.6 Å². The first-order valence-corrected chi connectivity index (χ1v) is 32.6. The standard InChI is InChI=1S/C57H108O16P2/c1-4-7-10-13-16-19-22-24-25-27-30-31-34-37-40-43-55(60)67-46-52(58)47-69-74(63,64)70-48-53(59)49-71-75(65,66)72-51-54(73-57(62)45-42-39-36-33-28-21-18-15-12-9-6-3)50-68-56(61)44-41-38-35-32-29-26-23-20-17-14-11-8-5-2/h11,14,20,23,52-54,58-59H,4-10,12-13,15-19,21-22,24-51H2,1-3H3,(H,63,64)(H,65,66)/b14-11-,23-20-. The van der Waals surface area contributed by atoms with Gasteiger partial charge in [-0.05, 0) is 44.9 Å². The summed E-state index contributed by atoms with van der Waals surface area (Å²) in [6, 6.07) is 0. The van der Waals surface area contributed by atoms with Gasteiger partial charge >= 0.3 is 33.6 Å². The highest BCUT2D eigenvalue weighted by molar-refractivity contribution is 7.47. The average molecular weight is 1110 g/mol. The lowest BCUT2D eigenvalue weighted by atomic mass is 10.0. The highest BCUT2D eigenvalue weighted by Gasteiger charge is 2.29. The summed E-state index contributed by atoms with van der Waals surface area (Å²) in [5.41, 5.74) is 0. The van der Waals surface area contributed by atoms with E-state index in [-0.39, 0.29) is 19.3 Å². The maximum Gasteiger partial charge on any atom is 0.472 e. The maximum absolute atomic E-state index is 12.8. The summed E-state index contributed by atoms with van der Waals surface area (Å²) in [6.07, 6.45) is 44.0. The number of carbonyl (C=O) groups excluding carboxylic acids is 3. The molecule has 0 saturated heterocycles. The van der Waals surface area contributed by atoms with E-state index >= 15 is 0 Å². The molecule has 0 aliphatic carbocycles. The summed E-state index contributed by atoms with van der Waals surface area (Å²) >= 11 is 0. The Balaban J connectivity index is 4.63. The van der Waals surface area contributed by atoms with E-state index in [1.807, 2.05) is 0 Å². The molecule has 4 N–H and O–H groups in total. The Kier molecular flexibility index (Phi) is 51.3. The zero-order valence-electron chi connectivity index (χ0n) is 47.2. The van der Waals surface area contributed by atoms with Gasteiger partial charge in [-0.1, -0.05) is 225 Å². The molecule has 0 spiro atoms. The van der Waals surface area contributed by atoms with E-state index < -0.39 is 91.5 Å². The van der Waals surface area contributed by atoms with Gasteiger partial charge in [0.1, 0.15) is 25.4 Å². The Bertz CT molecular complexity index is 1500. The monoisotopic (exact) mass is 1110 g/mol. The molecule has 0 aromatic heterocycles. The lowest BCUT2D eigenvalue weighted by molar-refractivity contribution is -0.161. The quantitative estimate of drug-likeness (QED) is 0.0146. The van der Waals surface area contributed by atoms with Crippen molar-refractivity contribution in [1.82, 2.24) is 0 Å². The Morgan fingerprint density at radius 1 is 0.373 bits per heavy atom. The van der Waals surface area contributed by atoms with E-state index in [4.69, 9.17) is 32.3 Å². The second kappa shape index (κ2) is 52.7. The number of ether oxygens (including phenoxy) is 3. The van der Waals surface area contributed by atoms with Crippen LogP contribution in [0.3, 0.4) is 0 Å². The van der Waals surface area contributed by atoms with Crippen LogP contribution < -0.4 is 0 Å². The van der Waals surface area contributed by atoms with Gasteiger partial charge in [0, 0.05) is 19.3 Å². The number of rotatable bonds is 57. The van der Waals surface area contributed by atoms with Crippen molar-refractivity contribution in [2.45, 2.75) is 283 Å². The van der Waals surface area contributed by atoms with Crippen LogP contribution in [0.4, 0.5) is 0 Å². The number of esters is 3. The molecule has 75 heavy (non-hydrogen) atoms. The number of hydrogen-bond acceptors (Lipinski definition) is 14. The van der Waals surface area contributed by atoms with Gasteiger partial charge in [0.15, 0.2) is 6.10 Å². The summed E-state index contributed by atoms with van der Waals surface area (Å²) in [6.45, 7) is 2.59. The molecule has 5 atom stereocenters. The third-order valence-corrected chi connectivity index (χ3v) is 14.6. The molecule has 0 rings (SSSR count). The van der Waals surface area contributed by atoms with Crippen LogP contribution in [0.25, 0.3) is 0 Å². The van der Waals surface area contributed by atoms with Gasteiger partial charge in [-0.2, -0.15) is 0 Å². The van der Waals surface area contributed by atoms with Crippen molar-refractivity contribution in [3.05, 3.63) is 24.3 Å². The van der Waals surface area contributed by atoms with E-state index in [9.17, 15) is 43.5 Å². The Labute approximate surface area is 454 Å². The van der Waals surface area contributed by atoms with Crippen LogP contribution in [-0.4, -0.2) is 95.9 Å². The Hall–Kier alpha value is -1.97. The molecule has 16 nitrogen and oxygen atoms in total. The Morgan fingerprint density at radius 3 is 1.09 bits per heavy atom. The molecule has 442 valence electrons. The van der Waals surface area contributed by atoms with Gasteiger partial charge in [-0.15, -0.1) is 0 Å². The zero-order valence-corrected chi connectivity index (χ0v) is 49.0. The van der Waals surface area contributed by atoms with Crippen LogP contribution in [0.1, 0.15) is 265 Å². The van der Waals surface area contributed by atoms with Crippen LogP contribution >= 0.6 is 15.6 Å². The third kappa shape index (κ3) is 53.8. The van der Waals surface area contributed by atoms with Crippen LogP contribution in [0.15, 0.2) is 24.3 Å². The van der Waals surface area contributed by atoms with E-state index in [0.717, 1.165) is 96.3 Å². The molecule has 0 fully saturated rings. The fourth-order valence-electron chi connectivity index (χ4n) is 8.08. The first-order chi connectivity index (χ1) is 36.2. The second-order valence-electron chi connectivity index (χ2n) is 20.2. The molecule has 0 bridgehead atoms. The number of aliphatic hydroxyl groups excluding tert-OH is 2. The van der Waals surface area contributed by atoms with Crippen molar-refractivity contribution in [3.8, 4) is 0 Å². The van der Waals surface area contributed by atoms with Crippen molar-refractivity contribution in [1.29, 1.82) is 0 Å². The van der Waals surface area contributed by atoms with Gasteiger partial charge in [-0.3, -0.25) is 32.5 Å². The number of carbonyl (C=O) groups is 3. The summed E-state index contributed by atoms with van der Waals surface area (Å²) in [4.78, 5) is 57.9.